The molecule has 0 atom stereocenters. The van der Waals surface area contributed by atoms with E-state index in [1.54, 1.807) is 38.1 Å². The highest BCUT2D eigenvalue weighted by atomic mass is 32.2. The van der Waals surface area contributed by atoms with Crippen LogP contribution in [-0.2, 0) is 4.74 Å². The molecular formula is C33H34N6O4S2. The first-order valence-corrected chi connectivity index (χ1v) is 15.8. The SMILES string of the molecule is CCOC(=O)c1cnc2sc3cc(Sc4ccc(NC(=O)N/C(=C/C(=N)C(C)(C)C)Nc5ccc(OC)cc5)cc4)ccc3n12. The summed E-state index contributed by atoms with van der Waals surface area (Å²) in [6, 6.07) is 20.5. The number of carbonyl (C=O) groups is 2. The molecule has 5 rings (SSSR count). The Labute approximate surface area is 269 Å². The minimum absolute atomic E-state index is 0.302. The van der Waals surface area contributed by atoms with Crippen molar-refractivity contribution in [1.82, 2.24) is 14.7 Å². The second-order valence-electron chi connectivity index (χ2n) is 11.0. The van der Waals surface area contributed by atoms with Gasteiger partial charge in [-0.05, 0) is 73.7 Å². The molecule has 2 amide bonds. The van der Waals surface area contributed by atoms with Crippen LogP contribution in [0.1, 0.15) is 38.2 Å². The zero-order valence-corrected chi connectivity index (χ0v) is 27.2. The van der Waals surface area contributed by atoms with Gasteiger partial charge in [-0.15, -0.1) is 0 Å². The molecule has 0 unspecified atom stereocenters. The zero-order chi connectivity index (χ0) is 32.1. The fourth-order valence-corrected chi connectivity index (χ4v) is 6.20. The lowest BCUT2D eigenvalue weighted by atomic mass is 9.90. The Kier molecular flexibility index (Phi) is 9.45. The third-order valence-corrected chi connectivity index (χ3v) is 8.66. The molecule has 4 N–H and O–H groups in total. The first-order valence-electron chi connectivity index (χ1n) is 14.2. The molecule has 0 spiro atoms. The van der Waals surface area contributed by atoms with Gasteiger partial charge in [0.05, 0.1) is 30.1 Å². The fourth-order valence-electron chi connectivity index (χ4n) is 4.23. The minimum Gasteiger partial charge on any atom is -0.497 e. The van der Waals surface area contributed by atoms with E-state index in [1.807, 2.05) is 85.8 Å². The summed E-state index contributed by atoms with van der Waals surface area (Å²) < 4.78 is 13.2. The van der Waals surface area contributed by atoms with Gasteiger partial charge in [-0.2, -0.15) is 0 Å². The molecule has 45 heavy (non-hydrogen) atoms. The highest BCUT2D eigenvalue weighted by Gasteiger charge is 2.19. The molecule has 232 valence electrons. The number of rotatable bonds is 10. The van der Waals surface area contributed by atoms with Crippen molar-refractivity contribution in [3.8, 4) is 5.75 Å². The van der Waals surface area contributed by atoms with Crippen molar-refractivity contribution in [3.63, 3.8) is 0 Å². The molecular weight excluding hydrogens is 609 g/mol. The van der Waals surface area contributed by atoms with Crippen molar-refractivity contribution in [2.24, 2.45) is 5.41 Å². The quantitative estimate of drug-likeness (QED) is 0.0896. The van der Waals surface area contributed by atoms with Gasteiger partial charge in [0.2, 0.25) is 0 Å². The third kappa shape index (κ3) is 7.65. The molecule has 5 aromatic rings. The molecule has 12 heteroatoms. The molecule has 0 saturated carbocycles. The second-order valence-corrected chi connectivity index (χ2v) is 13.2. The first-order chi connectivity index (χ1) is 21.5. The van der Waals surface area contributed by atoms with E-state index in [0.717, 1.165) is 30.7 Å². The molecule has 3 aromatic carbocycles. The largest absolute Gasteiger partial charge is 0.497 e. The Bertz CT molecular complexity index is 1890. The van der Waals surface area contributed by atoms with Gasteiger partial charge in [0.15, 0.2) is 10.7 Å². The topological polar surface area (TPSA) is 130 Å². The number of thiazole rings is 1. The number of esters is 1. The van der Waals surface area contributed by atoms with E-state index >= 15 is 0 Å². The van der Waals surface area contributed by atoms with Gasteiger partial charge in [-0.25, -0.2) is 14.6 Å². The number of hydrogen-bond acceptors (Lipinski definition) is 9. The Morgan fingerprint density at radius 1 is 1.00 bits per heavy atom. The summed E-state index contributed by atoms with van der Waals surface area (Å²) in [5.41, 5.74) is 2.63. The molecule has 10 nitrogen and oxygen atoms in total. The number of methoxy groups -OCH3 is 1. The van der Waals surface area contributed by atoms with Gasteiger partial charge in [-0.3, -0.25) is 9.72 Å². The van der Waals surface area contributed by atoms with E-state index in [2.05, 4.69) is 27.0 Å². The van der Waals surface area contributed by atoms with Crippen LogP contribution in [0.4, 0.5) is 16.2 Å². The standard InChI is InChI=1S/C33H34N6O4S2/c1-6-43-30(40)26-19-35-32-39(26)25-16-15-24(17-27(25)45-32)44-23-13-9-21(10-14-23)37-31(41)38-29(18-28(34)33(2,3)4)36-20-7-11-22(42-5)12-8-20/h7-19,34,36H,6H2,1-5H3,(H2,37,38,41)/b29-18+,34-28?. The maximum atomic E-state index is 13.0. The van der Waals surface area contributed by atoms with E-state index < -0.39 is 17.4 Å². The number of carbonyl (C=O) groups excluding carboxylic acids is 2. The van der Waals surface area contributed by atoms with Crippen molar-refractivity contribution < 1.29 is 19.1 Å². The highest BCUT2D eigenvalue weighted by Crippen LogP contribution is 2.34. The van der Waals surface area contributed by atoms with Crippen LogP contribution in [-0.4, -0.2) is 40.8 Å². The number of nitrogens with zero attached hydrogens (tertiary/aromatic N) is 2. The van der Waals surface area contributed by atoms with Crippen LogP contribution in [0.5, 0.6) is 5.75 Å². The third-order valence-electron chi connectivity index (χ3n) is 6.65. The number of imidazole rings is 1. The highest BCUT2D eigenvalue weighted by molar-refractivity contribution is 7.99. The van der Waals surface area contributed by atoms with E-state index in [4.69, 9.17) is 14.9 Å². The van der Waals surface area contributed by atoms with Gasteiger partial charge in [-0.1, -0.05) is 43.9 Å². The maximum Gasteiger partial charge on any atom is 0.357 e. The van der Waals surface area contributed by atoms with E-state index in [-0.39, 0.29) is 0 Å². The number of aromatic nitrogens is 2. The van der Waals surface area contributed by atoms with Crippen molar-refractivity contribution in [2.45, 2.75) is 37.5 Å². The summed E-state index contributed by atoms with van der Waals surface area (Å²) >= 11 is 3.10. The Balaban J connectivity index is 1.25. The molecule has 2 aromatic heterocycles. The number of hydrogen-bond donors (Lipinski definition) is 4. The molecule has 0 saturated heterocycles. The summed E-state index contributed by atoms with van der Waals surface area (Å²) in [5, 5.41) is 17.3. The first kappa shape index (κ1) is 31.6. The van der Waals surface area contributed by atoms with Gasteiger partial charge >= 0.3 is 12.0 Å². The maximum absolute atomic E-state index is 13.0. The molecule has 0 aliphatic heterocycles. The van der Waals surface area contributed by atoms with Crippen LogP contribution in [0.25, 0.3) is 15.2 Å². The van der Waals surface area contributed by atoms with Crippen LogP contribution in [0.2, 0.25) is 0 Å². The number of nitrogens with one attached hydrogen (secondary N) is 4. The zero-order valence-electron chi connectivity index (χ0n) is 25.6. The number of ether oxygens (including phenoxy) is 2. The predicted octanol–water partition coefficient (Wildman–Crippen LogP) is 8.03. The van der Waals surface area contributed by atoms with Gasteiger partial charge in [0.25, 0.3) is 0 Å². The van der Waals surface area contributed by atoms with Crippen LogP contribution in [0, 0.1) is 10.8 Å². The Morgan fingerprint density at radius 2 is 1.67 bits per heavy atom. The number of urea groups is 1. The molecule has 0 aliphatic rings. The monoisotopic (exact) mass is 642 g/mol. The van der Waals surface area contributed by atoms with Crippen molar-refractivity contribution in [3.05, 3.63) is 90.5 Å². The number of allylic oxidation sites excluding steroid dienone is 1. The van der Waals surface area contributed by atoms with Crippen LogP contribution >= 0.6 is 23.1 Å². The predicted molar refractivity (Wildman–Crippen MR) is 181 cm³/mol. The molecule has 0 radical (unpaired) electrons. The summed E-state index contributed by atoms with van der Waals surface area (Å²) in [4.78, 5) is 32.5. The van der Waals surface area contributed by atoms with E-state index in [0.29, 0.717) is 35.3 Å². The van der Waals surface area contributed by atoms with Crippen LogP contribution < -0.4 is 20.7 Å². The van der Waals surface area contributed by atoms with Gasteiger partial charge < -0.3 is 25.5 Å². The minimum atomic E-state index is -0.445. The lowest BCUT2D eigenvalue weighted by molar-refractivity contribution is 0.0518. The summed E-state index contributed by atoms with van der Waals surface area (Å²) in [7, 11) is 1.60. The van der Waals surface area contributed by atoms with Crippen molar-refractivity contribution in [1.29, 1.82) is 5.41 Å². The van der Waals surface area contributed by atoms with Gasteiger partial charge in [0, 0.05) is 38.4 Å². The van der Waals surface area contributed by atoms with Crippen molar-refractivity contribution in [2.75, 3.05) is 24.4 Å². The second kappa shape index (κ2) is 13.4. The molecule has 2 heterocycles. The molecule has 0 aliphatic carbocycles. The molecule has 0 fully saturated rings. The lowest BCUT2D eigenvalue weighted by Gasteiger charge is -2.20. The smallest absolute Gasteiger partial charge is 0.357 e. The average molecular weight is 643 g/mol. The van der Waals surface area contributed by atoms with Crippen LogP contribution in [0.15, 0.2) is 94.6 Å². The number of anilines is 2. The summed E-state index contributed by atoms with van der Waals surface area (Å²) in [6.07, 6.45) is 3.16. The van der Waals surface area contributed by atoms with Gasteiger partial charge in [0.1, 0.15) is 11.6 Å². The summed E-state index contributed by atoms with van der Waals surface area (Å²) in [5.74, 6) is 0.694. The van der Waals surface area contributed by atoms with E-state index in [9.17, 15) is 9.59 Å². The van der Waals surface area contributed by atoms with E-state index in [1.165, 1.54) is 11.3 Å². The number of amides is 2. The normalized spacial score (nSPS) is 11.8. The fraction of sp³-hybridized carbons (Fsp3) is 0.212. The Morgan fingerprint density at radius 3 is 2.33 bits per heavy atom. The van der Waals surface area contributed by atoms with Crippen molar-refractivity contribution >= 4 is 67.4 Å². The summed E-state index contributed by atoms with van der Waals surface area (Å²) in [6.45, 7) is 7.90. The molecule has 0 bridgehead atoms. The number of fused-ring (bicyclic) bond motifs is 3. The lowest BCUT2D eigenvalue weighted by Crippen LogP contribution is -2.32. The number of benzene rings is 3. The Hall–Kier alpha value is -4.81. The van der Waals surface area contributed by atoms with Crippen LogP contribution in [0.3, 0.4) is 0 Å². The average Bonchev–Trinajstić information content (AvgIpc) is 3.57.